The molecule has 3 rings (SSSR count). The van der Waals surface area contributed by atoms with Crippen LogP contribution in [-0.4, -0.2) is 48.9 Å². The van der Waals surface area contributed by atoms with Gasteiger partial charge in [-0.2, -0.15) is 0 Å². The Labute approximate surface area is 147 Å². The predicted molar refractivity (Wildman–Crippen MR) is 93.3 cm³/mol. The number of carbonyl (C=O) groups is 3. The number of piperidine rings is 1. The summed E-state index contributed by atoms with van der Waals surface area (Å²) in [5, 5.41) is 0. The molecule has 6 heteroatoms. The van der Waals surface area contributed by atoms with Gasteiger partial charge in [0, 0.05) is 18.4 Å². The van der Waals surface area contributed by atoms with Gasteiger partial charge in [-0.1, -0.05) is 25.5 Å². The van der Waals surface area contributed by atoms with Crippen LogP contribution in [0.25, 0.3) is 0 Å². The van der Waals surface area contributed by atoms with Crippen LogP contribution >= 0.6 is 0 Å². The highest BCUT2D eigenvalue weighted by molar-refractivity contribution is 6.22. The van der Waals surface area contributed by atoms with Crippen molar-refractivity contribution in [1.29, 1.82) is 0 Å². The molecule has 1 aromatic rings. The van der Waals surface area contributed by atoms with Gasteiger partial charge in [0.1, 0.15) is 6.61 Å². The monoisotopic (exact) mass is 344 g/mol. The summed E-state index contributed by atoms with van der Waals surface area (Å²) in [5.41, 5.74) is 0.584. The lowest BCUT2D eigenvalue weighted by Crippen LogP contribution is -2.40. The molecule has 25 heavy (non-hydrogen) atoms. The molecule has 2 unspecified atom stereocenters. The third-order valence-electron chi connectivity index (χ3n) is 5.07. The number of nitrogens with zero attached hydrogens (tertiary/aromatic N) is 2. The minimum absolute atomic E-state index is 0.176. The lowest BCUT2D eigenvalue weighted by atomic mass is 10.0. The molecule has 6 nitrogen and oxygen atoms in total. The fraction of sp³-hybridized carbons (Fsp3) is 0.526. The first-order valence-corrected chi connectivity index (χ1v) is 8.82. The van der Waals surface area contributed by atoms with E-state index in [9.17, 15) is 14.4 Å². The number of likely N-dealkylation sites (N-methyl/N-ethyl adjacent to an activating group) is 1. The maximum atomic E-state index is 12.6. The lowest BCUT2D eigenvalue weighted by Gasteiger charge is -2.31. The van der Waals surface area contributed by atoms with Crippen molar-refractivity contribution in [1.82, 2.24) is 4.90 Å². The smallest absolute Gasteiger partial charge is 0.340 e. The van der Waals surface area contributed by atoms with Gasteiger partial charge in [0.25, 0.3) is 0 Å². The first-order chi connectivity index (χ1) is 12.0. The molecule has 2 atom stereocenters. The van der Waals surface area contributed by atoms with Gasteiger partial charge in [0.05, 0.1) is 11.3 Å². The molecule has 134 valence electrons. The van der Waals surface area contributed by atoms with Crippen molar-refractivity contribution in [3.05, 3.63) is 29.8 Å². The third-order valence-corrected chi connectivity index (χ3v) is 5.07. The van der Waals surface area contributed by atoms with Gasteiger partial charge in [-0.15, -0.1) is 0 Å². The number of anilines is 1. The second kappa shape index (κ2) is 7.35. The van der Waals surface area contributed by atoms with Crippen LogP contribution in [0.15, 0.2) is 24.3 Å². The summed E-state index contributed by atoms with van der Waals surface area (Å²) in [4.78, 5) is 40.4. The molecule has 2 saturated heterocycles. The maximum Gasteiger partial charge on any atom is 0.340 e. The molecule has 2 aliphatic rings. The summed E-state index contributed by atoms with van der Waals surface area (Å²) in [6.45, 7) is 3.05. The number of imide groups is 1. The predicted octanol–water partition coefficient (Wildman–Crippen LogP) is 2.23. The first-order valence-electron chi connectivity index (χ1n) is 8.82. The summed E-state index contributed by atoms with van der Waals surface area (Å²) < 4.78 is 5.51. The number of benzene rings is 1. The van der Waals surface area contributed by atoms with E-state index in [-0.39, 0.29) is 35.8 Å². The number of hydrogen-bond donors (Lipinski definition) is 0. The molecular weight excluding hydrogens is 320 g/mol. The highest BCUT2D eigenvalue weighted by atomic mass is 16.5. The maximum absolute atomic E-state index is 12.6. The van der Waals surface area contributed by atoms with E-state index in [0.29, 0.717) is 12.3 Å². The molecule has 0 radical (unpaired) electrons. The van der Waals surface area contributed by atoms with Crippen LogP contribution in [0.5, 0.6) is 0 Å². The Kier molecular flexibility index (Phi) is 5.18. The van der Waals surface area contributed by atoms with E-state index < -0.39 is 5.97 Å². The zero-order valence-corrected chi connectivity index (χ0v) is 14.7. The highest BCUT2D eigenvalue weighted by Gasteiger charge is 2.38. The van der Waals surface area contributed by atoms with Crippen molar-refractivity contribution in [2.45, 2.75) is 38.6 Å². The largest absolute Gasteiger partial charge is 0.460 e. The SMILES string of the molecule is CC1CC(=O)N(c2ccccc2C(=O)OCC2CCCCN2C)C1=O. The minimum atomic E-state index is -0.491. The van der Waals surface area contributed by atoms with E-state index in [4.69, 9.17) is 4.74 Å². The molecule has 0 aliphatic carbocycles. The number of para-hydroxylation sites is 1. The summed E-state index contributed by atoms with van der Waals surface area (Å²) in [6.07, 6.45) is 3.49. The molecule has 2 aliphatic heterocycles. The van der Waals surface area contributed by atoms with E-state index in [1.165, 1.54) is 6.42 Å². The zero-order chi connectivity index (χ0) is 18.0. The van der Waals surface area contributed by atoms with Crippen LogP contribution in [0, 0.1) is 5.92 Å². The molecule has 0 aromatic heterocycles. The Bertz CT molecular complexity index is 688. The average molecular weight is 344 g/mol. The second-order valence-electron chi connectivity index (χ2n) is 6.92. The van der Waals surface area contributed by atoms with E-state index in [1.807, 2.05) is 7.05 Å². The molecule has 0 spiro atoms. The van der Waals surface area contributed by atoms with Crippen LogP contribution < -0.4 is 4.90 Å². The van der Waals surface area contributed by atoms with Crippen LogP contribution in [0.4, 0.5) is 5.69 Å². The van der Waals surface area contributed by atoms with E-state index in [0.717, 1.165) is 24.3 Å². The van der Waals surface area contributed by atoms with Gasteiger partial charge >= 0.3 is 5.97 Å². The third kappa shape index (κ3) is 3.58. The number of likely N-dealkylation sites (tertiary alicyclic amines) is 1. The Morgan fingerprint density at radius 1 is 1.24 bits per heavy atom. The molecule has 0 saturated carbocycles. The number of carbonyl (C=O) groups excluding carboxylic acids is 3. The van der Waals surface area contributed by atoms with Crippen molar-refractivity contribution >= 4 is 23.5 Å². The topological polar surface area (TPSA) is 66.9 Å². The Morgan fingerprint density at radius 2 is 2.00 bits per heavy atom. The van der Waals surface area contributed by atoms with Gasteiger partial charge < -0.3 is 9.64 Å². The van der Waals surface area contributed by atoms with Crippen LogP contribution in [0.1, 0.15) is 43.0 Å². The quantitative estimate of drug-likeness (QED) is 0.619. The van der Waals surface area contributed by atoms with Crippen molar-refractivity contribution in [3.8, 4) is 0 Å². The number of hydrogen-bond acceptors (Lipinski definition) is 5. The van der Waals surface area contributed by atoms with Crippen molar-refractivity contribution in [2.24, 2.45) is 5.92 Å². The fourth-order valence-electron chi connectivity index (χ4n) is 3.48. The lowest BCUT2D eigenvalue weighted by molar-refractivity contribution is -0.122. The van der Waals surface area contributed by atoms with Crippen LogP contribution in [0.3, 0.4) is 0 Å². The standard InChI is InChI=1S/C19H24N2O4/c1-13-11-17(22)21(18(13)23)16-9-4-3-8-15(16)19(24)25-12-14-7-5-6-10-20(14)2/h3-4,8-9,13-14H,5-7,10-12H2,1-2H3. The Hall–Kier alpha value is -2.21. The molecule has 2 fully saturated rings. The average Bonchev–Trinajstić information content (AvgIpc) is 2.86. The molecule has 2 heterocycles. The minimum Gasteiger partial charge on any atom is -0.460 e. The van der Waals surface area contributed by atoms with Crippen molar-refractivity contribution < 1.29 is 19.1 Å². The molecule has 1 aromatic carbocycles. The number of ether oxygens (including phenoxy) is 1. The van der Waals surface area contributed by atoms with E-state index in [2.05, 4.69) is 4.90 Å². The van der Waals surface area contributed by atoms with Crippen LogP contribution in [0.2, 0.25) is 0 Å². The molecule has 0 N–H and O–H groups in total. The van der Waals surface area contributed by atoms with Gasteiger partial charge in [0.15, 0.2) is 0 Å². The number of esters is 1. The highest BCUT2D eigenvalue weighted by Crippen LogP contribution is 2.29. The summed E-state index contributed by atoms with van der Waals surface area (Å²) in [5.74, 6) is -1.38. The van der Waals surface area contributed by atoms with Gasteiger partial charge in [0.2, 0.25) is 11.8 Å². The Morgan fingerprint density at radius 3 is 2.68 bits per heavy atom. The van der Waals surface area contributed by atoms with E-state index in [1.54, 1.807) is 31.2 Å². The van der Waals surface area contributed by atoms with Crippen LogP contribution in [-0.2, 0) is 14.3 Å². The van der Waals surface area contributed by atoms with E-state index >= 15 is 0 Å². The zero-order valence-electron chi connectivity index (χ0n) is 14.7. The van der Waals surface area contributed by atoms with Gasteiger partial charge in [-0.3, -0.25) is 9.59 Å². The number of amides is 2. The summed E-state index contributed by atoms with van der Waals surface area (Å²) in [6, 6.07) is 6.87. The van der Waals surface area contributed by atoms with Gasteiger partial charge in [-0.05, 0) is 38.6 Å². The second-order valence-corrected chi connectivity index (χ2v) is 6.92. The molecule has 2 amide bonds. The first kappa shape index (κ1) is 17.6. The fourth-order valence-corrected chi connectivity index (χ4v) is 3.48. The molecular formula is C19H24N2O4. The van der Waals surface area contributed by atoms with Crippen molar-refractivity contribution in [3.63, 3.8) is 0 Å². The summed E-state index contributed by atoms with van der Waals surface area (Å²) >= 11 is 0. The molecule has 0 bridgehead atoms. The Balaban J connectivity index is 1.75. The summed E-state index contributed by atoms with van der Waals surface area (Å²) in [7, 11) is 2.04. The normalized spacial score (nSPS) is 24.6. The van der Waals surface area contributed by atoms with Crippen molar-refractivity contribution in [2.75, 3.05) is 25.1 Å². The number of rotatable bonds is 4. The van der Waals surface area contributed by atoms with Gasteiger partial charge in [-0.25, -0.2) is 9.69 Å².